The van der Waals surface area contributed by atoms with Crippen molar-refractivity contribution >= 4 is 46.0 Å². The molecule has 30 heavy (non-hydrogen) atoms. The number of thiocarbonyl (C=S) groups is 1. The summed E-state index contributed by atoms with van der Waals surface area (Å²) in [4.78, 5) is 0.250. The number of anilines is 1. The second kappa shape index (κ2) is 8.94. The van der Waals surface area contributed by atoms with Crippen molar-refractivity contribution in [3.8, 4) is 0 Å². The van der Waals surface area contributed by atoms with Gasteiger partial charge in [-0.15, -0.1) is 0 Å². The molecular weight excluding hydrogens is 419 g/mol. The molecule has 1 aromatic heterocycles. The lowest BCUT2D eigenvalue weighted by Crippen LogP contribution is -2.40. The highest BCUT2D eigenvalue weighted by Crippen LogP contribution is 2.22. The molecule has 154 valence electrons. The zero-order valence-electron chi connectivity index (χ0n) is 16.9. The highest BCUT2D eigenvalue weighted by molar-refractivity contribution is 7.81. The Kier molecular flexibility index (Phi) is 6.54. The van der Waals surface area contributed by atoms with Gasteiger partial charge in [0.2, 0.25) is 5.70 Å². The molecule has 0 amide bonds. The minimum atomic E-state index is -0.405. The van der Waals surface area contributed by atoms with Gasteiger partial charge in [0.25, 0.3) is 0 Å². The van der Waals surface area contributed by atoms with Gasteiger partial charge in [-0.05, 0) is 58.7 Å². The molecule has 6 heteroatoms. The Bertz CT molecular complexity index is 1070. The molecule has 0 saturated carbocycles. The summed E-state index contributed by atoms with van der Waals surface area (Å²) in [5, 5.41) is 17.0. The molecule has 0 aliphatic rings. The van der Waals surface area contributed by atoms with E-state index in [0.717, 1.165) is 5.56 Å². The fraction of sp³-hybridized carbons (Fsp3) is 0.167. The second-order valence-electron chi connectivity index (χ2n) is 7.89. The Hall–Kier alpha value is -2.76. The molecular formula is C24H22ClFN2OS. The molecule has 0 radical (unpaired) electrons. The zero-order valence-corrected chi connectivity index (χ0v) is 18.5. The molecule has 0 aliphatic carbocycles. The third-order valence-corrected chi connectivity index (χ3v) is 5.14. The van der Waals surface area contributed by atoms with Crippen LogP contribution in [0.1, 0.15) is 31.9 Å². The summed E-state index contributed by atoms with van der Waals surface area (Å²) in [7, 11) is 0. The Balaban J connectivity index is 2.06. The number of rotatable bonds is 4. The maximum Gasteiger partial charge on any atom is 0.238 e. The van der Waals surface area contributed by atoms with Gasteiger partial charge in [0.05, 0.1) is 0 Å². The number of pyridine rings is 1. The molecule has 0 atom stereocenters. The van der Waals surface area contributed by atoms with E-state index in [9.17, 15) is 9.50 Å². The quantitative estimate of drug-likeness (QED) is 0.262. The lowest BCUT2D eigenvalue weighted by Gasteiger charge is -2.19. The van der Waals surface area contributed by atoms with Crippen molar-refractivity contribution in [1.29, 1.82) is 0 Å². The first kappa shape index (κ1) is 21.9. The van der Waals surface area contributed by atoms with Crippen molar-refractivity contribution in [3.05, 3.63) is 95.0 Å². The summed E-state index contributed by atoms with van der Waals surface area (Å²) in [6.45, 7) is 6.36. The largest absolute Gasteiger partial charge is 0.867 e. The van der Waals surface area contributed by atoms with E-state index in [-0.39, 0.29) is 21.9 Å². The summed E-state index contributed by atoms with van der Waals surface area (Å²) in [5.41, 5.74) is 2.43. The van der Waals surface area contributed by atoms with Gasteiger partial charge < -0.3 is 10.4 Å². The fourth-order valence-electron chi connectivity index (χ4n) is 2.87. The maximum atomic E-state index is 13.3. The standard InChI is InChI=1S/C24H22ClFN2OS/c1-24(2,3)17-12-14-28(15-13-17)21(22(29)16-4-8-19(26)9-5-16)23(30)27-20-10-6-18(25)7-11-20/h4-15H,1-3H3,(H-,27,29,30). The topological polar surface area (TPSA) is 39.0 Å². The average molecular weight is 441 g/mol. The normalized spacial score (nSPS) is 12.3. The van der Waals surface area contributed by atoms with Crippen LogP contribution >= 0.6 is 23.8 Å². The number of hydrogen-bond acceptors (Lipinski definition) is 2. The van der Waals surface area contributed by atoms with Crippen molar-refractivity contribution in [2.45, 2.75) is 26.2 Å². The first-order valence-corrected chi connectivity index (χ1v) is 10.2. The van der Waals surface area contributed by atoms with Crippen LogP contribution in [0.3, 0.4) is 0 Å². The highest BCUT2D eigenvalue weighted by atomic mass is 35.5. The SMILES string of the molecule is CC(C)(C)c1cc[n+](C(C(=S)Nc2ccc(Cl)cc2)=C([O-])c2ccc(F)cc2)cc1. The van der Waals surface area contributed by atoms with Crippen molar-refractivity contribution in [3.63, 3.8) is 0 Å². The Morgan fingerprint density at radius 1 is 0.967 bits per heavy atom. The molecule has 0 spiro atoms. The van der Waals surface area contributed by atoms with Crippen molar-refractivity contribution in [2.24, 2.45) is 0 Å². The average Bonchev–Trinajstić information content (AvgIpc) is 2.70. The lowest BCUT2D eigenvalue weighted by molar-refractivity contribution is -0.577. The molecule has 0 aliphatic heterocycles. The van der Waals surface area contributed by atoms with E-state index >= 15 is 0 Å². The summed E-state index contributed by atoms with van der Waals surface area (Å²) >= 11 is 11.5. The van der Waals surface area contributed by atoms with Crippen LogP contribution in [0.25, 0.3) is 11.5 Å². The third kappa shape index (κ3) is 5.23. The molecule has 0 fully saturated rings. The first-order chi connectivity index (χ1) is 14.1. The summed E-state index contributed by atoms with van der Waals surface area (Å²) in [5.74, 6) is -0.716. The molecule has 2 aromatic carbocycles. The lowest BCUT2D eigenvalue weighted by atomic mass is 9.88. The number of hydrogen-bond donors (Lipinski definition) is 1. The van der Waals surface area contributed by atoms with Crippen LogP contribution in [0.2, 0.25) is 5.02 Å². The number of nitrogens with one attached hydrogen (secondary N) is 1. The van der Waals surface area contributed by atoms with Gasteiger partial charge in [-0.2, -0.15) is 4.57 Å². The minimum absolute atomic E-state index is 0.0255. The monoisotopic (exact) mass is 440 g/mol. The van der Waals surface area contributed by atoms with E-state index in [1.807, 2.05) is 24.5 Å². The van der Waals surface area contributed by atoms with Gasteiger partial charge in [0.15, 0.2) is 17.4 Å². The Morgan fingerprint density at radius 2 is 1.53 bits per heavy atom. The Morgan fingerprint density at radius 3 is 2.07 bits per heavy atom. The molecule has 3 aromatic rings. The minimum Gasteiger partial charge on any atom is -0.867 e. The molecule has 0 saturated heterocycles. The van der Waals surface area contributed by atoms with Crippen LogP contribution in [-0.4, -0.2) is 4.99 Å². The van der Waals surface area contributed by atoms with Crippen LogP contribution < -0.4 is 15.0 Å². The van der Waals surface area contributed by atoms with Crippen molar-refractivity contribution in [2.75, 3.05) is 5.32 Å². The predicted molar refractivity (Wildman–Crippen MR) is 123 cm³/mol. The Labute approximate surface area is 186 Å². The van der Waals surface area contributed by atoms with Gasteiger partial charge in [-0.3, -0.25) is 0 Å². The number of nitrogens with zero attached hydrogens (tertiary/aromatic N) is 1. The summed E-state index contributed by atoms with van der Waals surface area (Å²) < 4.78 is 15.0. The second-order valence-corrected chi connectivity index (χ2v) is 8.73. The molecule has 1 N–H and O–H groups in total. The van der Waals surface area contributed by atoms with E-state index < -0.39 is 5.82 Å². The van der Waals surface area contributed by atoms with Gasteiger partial charge >= 0.3 is 0 Å². The van der Waals surface area contributed by atoms with Gasteiger partial charge in [-0.1, -0.05) is 56.7 Å². The zero-order chi connectivity index (χ0) is 21.9. The number of benzene rings is 2. The van der Waals surface area contributed by atoms with Crippen molar-refractivity contribution < 1.29 is 14.1 Å². The van der Waals surface area contributed by atoms with E-state index in [1.165, 1.54) is 24.3 Å². The molecule has 1 heterocycles. The van der Waals surface area contributed by atoms with Crippen LogP contribution in [0.4, 0.5) is 10.1 Å². The van der Waals surface area contributed by atoms with Gasteiger partial charge in [0.1, 0.15) is 5.82 Å². The predicted octanol–water partition coefficient (Wildman–Crippen LogP) is 5.19. The fourth-order valence-corrected chi connectivity index (χ4v) is 3.32. The molecule has 3 rings (SSSR count). The molecule has 0 bridgehead atoms. The third-order valence-electron chi connectivity index (χ3n) is 4.59. The first-order valence-electron chi connectivity index (χ1n) is 9.41. The highest BCUT2D eigenvalue weighted by Gasteiger charge is 2.21. The van der Waals surface area contributed by atoms with Crippen LogP contribution in [-0.2, 0) is 5.41 Å². The molecule has 0 unspecified atom stereocenters. The number of aromatic nitrogens is 1. The van der Waals surface area contributed by atoms with Gasteiger partial charge in [0, 0.05) is 22.8 Å². The smallest absolute Gasteiger partial charge is 0.238 e. The number of halogens is 2. The van der Waals surface area contributed by atoms with Gasteiger partial charge in [-0.25, -0.2) is 4.39 Å². The van der Waals surface area contributed by atoms with E-state index in [2.05, 4.69) is 26.1 Å². The van der Waals surface area contributed by atoms with Crippen molar-refractivity contribution in [1.82, 2.24) is 0 Å². The summed E-state index contributed by atoms with van der Waals surface area (Å²) in [6, 6.07) is 16.4. The molecule has 3 nitrogen and oxygen atoms in total. The maximum absolute atomic E-state index is 13.3. The van der Waals surface area contributed by atoms with Crippen LogP contribution in [0.5, 0.6) is 0 Å². The van der Waals surface area contributed by atoms with Crippen LogP contribution in [0.15, 0.2) is 73.1 Å². The van der Waals surface area contributed by atoms with E-state index in [1.54, 1.807) is 28.8 Å². The van der Waals surface area contributed by atoms with E-state index in [0.29, 0.717) is 16.3 Å². The summed E-state index contributed by atoms with van der Waals surface area (Å²) in [6.07, 6.45) is 3.63. The van der Waals surface area contributed by atoms with E-state index in [4.69, 9.17) is 23.8 Å². The van der Waals surface area contributed by atoms with Crippen LogP contribution in [0, 0.1) is 5.82 Å².